The van der Waals surface area contributed by atoms with Gasteiger partial charge in [0.2, 0.25) is 0 Å². The highest BCUT2D eigenvalue weighted by Crippen LogP contribution is 2.40. The van der Waals surface area contributed by atoms with Crippen LogP contribution in [0.5, 0.6) is 0 Å². The number of H-pyrrole nitrogens is 1. The summed E-state index contributed by atoms with van der Waals surface area (Å²) < 4.78 is 0. The molecule has 1 aliphatic rings. The number of aromatic amines is 1. The van der Waals surface area contributed by atoms with Crippen molar-refractivity contribution >= 4 is 22.7 Å². The van der Waals surface area contributed by atoms with Gasteiger partial charge in [-0.25, -0.2) is 0 Å². The number of amidine groups is 1. The molecule has 0 aliphatic heterocycles. The average molecular weight is 475 g/mol. The Bertz CT molecular complexity index is 1290. The summed E-state index contributed by atoms with van der Waals surface area (Å²) in [6.45, 7) is 9.11. The molecule has 1 atom stereocenters. The van der Waals surface area contributed by atoms with Gasteiger partial charge in [0.1, 0.15) is 0 Å². The highest BCUT2D eigenvalue weighted by Gasteiger charge is 2.26. The highest BCUT2D eigenvalue weighted by molar-refractivity contribution is 7.15. The summed E-state index contributed by atoms with van der Waals surface area (Å²) in [7, 11) is 0. The maximum atomic E-state index is 13.0. The molecule has 0 fully saturated rings. The summed E-state index contributed by atoms with van der Waals surface area (Å²) in [6, 6.07) is 14.5. The van der Waals surface area contributed by atoms with Crippen molar-refractivity contribution < 1.29 is 0 Å². The largest absolute Gasteiger partial charge is 0.382 e. The van der Waals surface area contributed by atoms with Gasteiger partial charge in [-0.05, 0) is 71.9 Å². The van der Waals surface area contributed by atoms with Gasteiger partial charge < -0.3 is 16.6 Å². The standard InChI is InChI=1S/C28H34N4OS/c1-5-21-14-15-24(34-21)22-16-23(31-27(33)25(22)26(29)32-30)19-8-6-17(7-9-19)18-10-12-20(13-11-18)28(2,3)4/h6-10,14-16,20H,5,11-13,30H2,1-4H3,(H2,29,32)(H,31,33). The van der Waals surface area contributed by atoms with E-state index in [-0.39, 0.29) is 11.4 Å². The van der Waals surface area contributed by atoms with Crippen LogP contribution in [0.15, 0.2) is 58.4 Å². The fourth-order valence-electron chi connectivity index (χ4n) is 4.69. The molecular weight excluding hydrogens is 440 g/mol. The molecule has 0 amide bonds. The van der Waals surface area contributed by atoms with Crippen LogP contribution in [0.1, 0.15) is 63.0 Å². The molecular formula is C28H34N4OS. The van der Waals surface area contributed by atoms with Gasteiger partial charge in [0.25, 0.3) is 5.56 Å². The molecule has 0 saturated carbocycles. The number of rotatable bonds is 5. The molecule has 2 heterocycles. The zero-order valence-electron chi connectivity index (χ0n) is 20.4. The van der Waals surface area contributed by atoms with Crippen molar-refractivity contribution in [1.82, 2.24) is 4.98 Å². The molecule has 0 radical (unpaired) electrons. The molecule has 1 unspecified atom stereocenters. The van der Waals surface area contributed by atoms with Gasteiger partial charge >= 0.3 is 0 Å². The Hall–Kier alpha value is -3.12. The molecule has 5 N–H and O–H groups in total. The average Bonchev–Trinajstić information content (AvgIpc) is 3.32. The first kappa shape index (κ1) is 24.0. The molecule has 178 valence electrons. The van der Waals surface area contributed by atoms with E-state index >= 15 is 0 Å². The minimum Gasteiger partial charge on any atom is -0.382 e. The molecule has 0 saturated heterocycles. The lowest BCUT2D eigenvalue weighted by Crippen LogP contribution is -2.27. The van der Waals surface area contributed by atoms with Crippen LogP contribution in [0.25, 0.3) is 27.3 Å². The molecule has 2 aromatic heterocycles. The predicted octanol–water partition coefficient (Wildman–Crippen LogP) is 6.14. The lowest BCUT2D eigenvalue weighted by molar-refractivity contribution is 0.225. The van der Waals surface area contributed by atoms with Crippen molar-refractivity contribution in [3.8, 4) is 21.7 Å². The van der Waals surface area contributed by atoms with Crippen LogP contribution in [0.3, 0.4) is 0 Å². The van der Waals surface area contributed by atoms with Crippen molar-refractivity contribution in [2.75, 3.05) is 0 Å². The molecule has 0 spiro atoms. The Labute approximate surface area is 205 Å². The Morgan fingerprint density at radius 1 is 1.15 bits per heavy atom. The Morgan fingerprint density at radius 2 is 1.85 bits per heavy atom. The van der Waals surface area contributed by atoms with Crippen molar-refractivity contribution in [3.63, 3.8) is 0 Å². The second-order valence-electron chi connectivity index (χ2n) is 10.1. The van der Waals surface area contributed by atoms with E-state index in [1.54, 1.807) is 11.3 Å². The molecule has 5 nitrogen and oxygen atoms in total. The maximum absolute atomic E-state index is 13.0. The normalized spacial score (nSPS) is 17.0. The topological polar surface area (TPSA) is 97.3 Å². The number of pyridine rings is 1. The molecule has 1 aliphatic carbocycles. The summed E-state index contributed by atoms with van der Waals surface area (Å²) >= 11 is 1.65. The number of thiophene rings is 1. The number of allylic oxidation sites excluding steroid dienone is 2. The molecule has 4 rings (SSSR count). The summed E-state index contributed by atoms with van der Waals surface area (Å²) in [5.41, 5.74) is 11.5. The monoisotopic (exact) mass is 474 g/mol. The van der Waals surface area contributed by atoms with E-state index in [0.29, 0.717) is 11.0 Å². The van der Waals surface area contributed by atoms with E-state index in [1.807, 2.05) is 12.1 Å². The summed E-state index contributed by atoms with van der Waals surface area (Å²) in [6.07, 6.45) is 6.79. The minimum absolute atomic E-state index is 0.0300. The molecule has 34 heavy (non-hydrogen) atoms. The molecule has 0 bridgehead atoms. The van der Waals surface area contributed by atoms with Crippen LogP contribution in [0.2, 0.25) is 0 Å². The highest BCUT2D eigenvalue weighted by atomic mass is 32.1. The van der Waals surface area contributed by atoms with E-state index in [1.165, 1.54) is 22.4 Å². The number of nitrogens with two attached hydrogens (primary N) is 2. The lowest BCUT2D eigenvalue weighted by Gasteiger charge is -2.33. The number of nitrogens with zero attached hydrogens (tertiary/aromatic N) is 1. The Kier molecular flexibility index (Phi) is 6.80. The number of hydrazone groups is 1. The summed E-state index contributed by atoms with van der Waals surface area (Å²) in [5, 5.41) is 3.59. The first-order valence-electron chi connectivity index (χ1n) is 11.9. The van der Waals surface area contributed by atoms with Gasteiger partial charge in [-0.15, -0.1) is 11.3 Å². The summed E-state index contributed by atoms with van der Waals surface area (Å²) in [4.78, 5) is 18.2. The van der Waals surface area contributed by atoms with E-state index in [0.717, 1.165) is 46.9 Å². The van der Waals surface area contributed by atoms with Crippen molar-refractivity contribution in [1.29, 1.82) is 0 Å². The second-order valence-corrected chi connectivity index (χ2v) is 11.2. The fraction of sp³-hybridized carbons (Fsp3) is 0.357. The van der Waals surface area contributed by atoms with Crippen molar-refractivity contribution in [2.24, 2.45) is 28.0 Å². The SMILES string of the molecule is CCc1ccc(-c2cc(-c3ccc(C4=CCC(C(C)(C)C)CC4)cc3)[nH]c(=O)c2/C(N)=N/N)s1. The third-order valence-corrected chi connectivity index (χ3v) is 8.17. The van der Waals surface area contributed by atoms with Crippen molar-refractivity contribution in [2.45, 2.75) is 53.4 Å². The zero-order valence-corrected chi connectivity index (χ0v) is 21.3. The molecule has 1 aromatic carbocycles. The number of benzene rings is 1. The number of nitrogens with one attached hydrogen (secondary N) is 1. The van der Waals surface area contributed by atoms with Crippen LogP contribution in [-0.2, 0) is 6.42 Å². The van der Waals surface area contributed by atoms with Crippen LogP contribution in [0, 0.1) is 11.3 Å². The second kappa shape index (κ2) is 9.63. The van der Waals surface area contributed by atoms with Crippen LogP contribution >= 0.6 is 11.3 Å². The Balaban J connectivity index is 1.69. The molecule has 6 heteroatoms. The first-order chi connectivity index (χ1) is 16.2. The number of hydrogen-bond donors (Lipinski definition) is 3. The third kappa shape index (κ3) is 4.87. The van der Waals surface area contributed by atoms with Gasteiger partial charge in [-0.2, -0.15) is 5.10 Å². The van der Waals surface area contributed by atoms with E-state index in [4.69, 9.17) is 11.6 Å². The van der Waals surface area contributed by atoms with Gasteiger partial charge in [0, 0.05) is 21.0 Å². The minimum atomic E-state index is -0.294. The number of aromatic nitrogens is 1. The van der Waals surface area contributed by atoms with Crippen LogP contribution < -0.4 is 17.1 Å². The number of hydrogen-bond acceptors (Lipinski definition) is 4. The summed E-state index contributed by atoms with van der Waals surface area (Å²) in [5.74, 6) is 6.19. The van der Waals surface area contributed by atoms with Crippen LogP contribution in [0.4, 0.5) is 0 Å². The quantitative estimate of drug-likeness (QED) is 0.179. The molecule has 3 aromatic rings. The fourth-order valence-corrected chi connectivity index (χ4v) is 5.66. The first-order valence-corrected chi connectivity index (χ1v) is 12.7. The van der Waals surface area contributed by atoms with E-state index in [2.05, 4.69) is 74.2 Å². The maximum Gasteiger partial charge on any atom is 0.260 e. The van der Waals surface area contributed by atoms with Gasteiger partial charge in [-0.3, -0.25) is 4.79 Å². The number of aryl methyl sites for hydroxylation is 1. The zero-order chi connectivity index (χ0) is 24.5. The van der Waals surface area contributed by atoms with Gasteiger partial charge in [0.15, 0.2) is 5.84 Å². The Morgan fingerprint density at radius 3 is 2.41 bits per heavy atom. The van der Waals surface area contributed by atoms with E-state index < -0.39 is 0 Å². The predicted molar refractivity (Wildman–Crippen MR) is 145 cm³/mol. The van der Waals surface area contributed by atoms with Crippen molar-refractivity contribution in [3.05, 3.63) is 74.9 Å². The van der Waals surface area contributed by atoms with Crippen LogP contribution in [-0.4, -0.2) is 10.8 Å². The lowest BCUT2D eigenvalue weighted by atomic mass is 9.72. The van der Waals surface area contributed by atoms with Gasteiger partial charge in [0.05, 0.1) is 5.56 Å². The third-order valence-electron chi connectivity index (χ3n) is 6.91. The smallest absolute Gasteiger partial charge is 0.260 e. The van der Waals surface area contributed by atoms with E-state index in [9.17, 15) is 4.79 Å². The van der Waals surface area contributed by atoms with Gasteiger partial charge in [-0.1, -0.05) is 58.0 Å².